The van der Waals surface area contributed by atoms with Crippen LogP contribution in [0.3, 0.4) is 0 Å². The molecule has 3 aromatic rings. The van der Waals surface area contributed by atoms with Gasteiger partial charge in [-0.3, -0.25) is 4.79 Å². The fourth-order valence-corrected chi connectivity index (χ4v) is 4.03. The Hall–Kier alpha value is -2.33. The molecule has 3 nitrogen and oxygen atoms in total. The highest BCUT2D eigenvalue weighted by molar-refractivity contribution is 8.00. The summed E-state index contributed by atoms with van der Waals surface area (Å²) in [5.74, 6) is 1.70. The average Bonchev–Trinajstić information content (AvgIpc) is 3.16. The quantitative estimate of drug-likeness (QED) is 0.262. The Morgan fingerprint density at radius 1 is 0.931 bits per heavy atom. The van der Waals surface area contributed by atoms with Crippen molar-refractivity contribution in [2.24, 2.45) is 5.92 Å². The number of thioether (sulfide) groups is 1. The number of Topliss-reactive ketones (excluding diaryl/α,β-unsaturated/α-hetero) is 1. The van der Waals surface area contributed by atoms with Crippen LogP contribution < -0.4 is 0 Å². The number of oxazole rings is 1. The Kier molecular flexibility index (Phi) is 7.70. The predicted octanol–water partition coefficient (Wildman–Crippen LogP) is 7.27. The van der Waals surface area contributed by atoms with E-state index >= 15 is 0 Å². The summed E-state index contributed by atoms with van der Waals surface area (Å²) < 4.78 is 6.13. The zero-order valence-electron chi connectivity index (χ0n) is 17.4. The lowest BCUT2D eigenvalue weighted by atomic mass is 10.0. The van der Waals surface area contributed by atoms with Gasteiger partial charge in [-0.05, 0) is 19.3 Å². The van der Waals surface area contributed by atoms with Gasteiger partial charge >= 0.3 is 0 Å². The third kappa shape index (κ3) is 6.07. The van der Waals surface area contributed by atoms with Crippen molar-refractivity contribution >= 4 is 17.5 Å². The van der Waals surface area contributed by atoms with E-state index in [1.54, 1.807) is 0 Å². The number of benzene rings is 2. The molecule has 0 saturated heterocycles. The molecule has 152 valence electrons. The van der Waals surface area contributed by atoms with E-state index in [1.165, 1.54) is 18.2 Å². The molecule has 0 aliphatic carbocycles. The van der Waals surface area contributed by atoms with Crippen molar-refractivity contribution < 1.29 is 9.21 Å². The van der Waals surface area contributed by atoms with Gasteiger partial charge in [0.15, 0.2) is 5.76 Å². The van der Waals surface area contributed by atoms with Gasteiger partial charge in [0.1, 0.15) is 11.5 Å². The van der Waals surface area contributed by atoms with Gasteiger partial charge in [0.25, 0.3) is 5.22 Å². The number of nitrogens with zero attached hydrogens (tertiary/aromatic N) is 1. The Balaban J connectivity index is 1.75. The number of unbranched alkanes of at least 4 members (excludes halogenated alkanes) is 1. The van der Waals surface area contributed by atoms with Gasteiger partial charge < -0.3 is 4.42 Å². The molecule has 0 fully saturated rings. The number of ketones is 1. The highest BCUT2D eigenvalue weighted by Crippen LogP contribution is 2.36. The van der Waals surface area contributed by atoms with Crippen molar-refractivity contribution in [2.45, 2.75) is 56.9 Å². The molecule has 1 unspecified atom stereocenters. The lowest BCUT2D eigenvalue weighted by molar-refractivity contribution is -0.118. The first-order valence-electron chi connectivity index (χ1n) is 10.4. The zero-order chi connectivity index (χ0) is 20.6. The fourth-order valence-electron chi connectivity index (χ4n) is 3.20. The number of carbonyl (C=O) groups excluding carboxylic acids is 1. The summed E-state index contributed by atoms with van der Waals surface area (Å²) in [4.78, 5) is 17.3. The molecule has 1 atom stereocenters. The minimum absolute atomic E-state index is 0.167. The molecule has 0 radical (unpaired) electrons. The monoisotopic (exact) mass is 407 g/mol. The van der Waals surface area contributed by atoms with Gasteiger partial charge in [-0.25, -0.2) is 4.98 Å². The molecule has 0 spiro atoms. The van der Waals surface area contributed by atoms with E-state index in [0.29, 0.717) is 17.6 Å². The van der Waals surface area contributed by atoms with Crippen LogP contribution in [0.5, 0.6) is 0 Å². The molecule has 4 heteroatoms. The van der Waals surface area contributed by atoms with Crippen LogP contribution in [0.15, 0.2) is 70.3 Å². The van der Waals surface area contributed by atoms with E-state index in [0.717, 1.165) is 35.4 Å². The van der Waals surface area contributed by atoms with Gasteiger partial charge in [-0.2, -0.15) is 0 Å². The number of carbonyl (C=O) groups is 1. The summed E-state index contributed by atoms with van der Waals surface area (Å²) in [7, 11) is 0. The summed E-state index contributed by atoms with van der Waals surface area (Å²) in [6.45, 7) is 6.39. The normalized spacial score (nSPS) is 12.3. The summed E-state index contributed by atoms with van der Waals surface area (Å²) in [5.41, 5.74) is 2.81. The van der Waals surface area contributed by atoms with Gasteiger partial charge in [-0.15, -0.1) is 0 Å². The van der Waals surface area contributed by atoms with Crippen LogP contribution >= 0.6 is 11.8 Å². The van der Waals surface area contributed by atoms with Crippen LogP contribution in [0, 0.1) is 5.92 Å². The summed E-state index contributed by atoms with van der Waals surface area (Å²) >= 11 is 1.41. The fraction of sp³-hybridized carbons (Fsp3) is 0.360. The minimum atomic E-state index is -0.167. The van der Waals surface area contributed by atoms with Gasteiger partial charge in [-0.1, -0.05) is 99.1 Å². The van der Waals surface area contributed by atoms with E-state index in [-0.39, 0.29) is 11.0 Å². The van der Waals surface area contributed by atoms with Crippen LogP contribution in [-0.4, -0.2) is 16.0 Å². The van der Waals surface area contributed by atoms with Crippen LogP contribution in [0.4, 0.5) is 0 Å². The highest BCUT2D eigenvalue weighted by atomic mass is 32.2. The van der Waals surface area contributed by atoms with Crippen molar-refractivity contribution in [1.29, 1.82) is 0 Å². The molecule has 1 heterocycles. The number of rotatable bonds is 10. The maximum atomic E-state index is 12.5. The first-order chi connectivity index (χ1) is 14.0. The van der Waals surface area contributed by atoms with Crippen LogP contribution in [-0.2, 0) is 4.79 Å². The summed E-state index contributed by atoms with van der Waals surface area (Å²) in [6, 6.07) is 20.0. The molecule has 0 aliphatic heterocycles. The molecule has 0 bridgehead atoms. The maximum Gasteiger partial charge on any atom is 0.257 e. The molecule has 1 aromatic heterocycles. The van der Waals surface area contributed by atoms with Crippen LogP contribution in [0.1, 0.15) is 46.5 Å². The molecule has 0 amide bonds. The van der Waals surface area contributed by atoms with E-state index < -0.39 is 0 Å². The third-order valence-corrected chi connectivity index (χ3v) is 5.87. The van der Waals surface area contributed by atoms with E-state index in [4.69, 9.17) is 9.40 Å². The van der Waals surface area contributed by atoms with Crippen molar-refractivity contribution in [3.63, 3.8) is 0 Å². The number of hydrogen-bond acceptors (Lipinski definition) is 4. The average molecular weight is 408 g/mol. The lowest BCUT2D eigenvalue weighted by Crippen LogP contribution is -2.12. The number of aromatic nitrogens is 1. The van der Waals surface area contributed by atoms with Crippen LogP contribution in [0.2, 0.25) is 0 Å². The molecule has 2 aromatic carbocycles. The van der Waals surface area contributed by atoms with E-state index in [9.17, 15) is 4.79 Å². The first-order valence-corrected chi connectivity index (χ1v) is 11.2. The van der Waals surface area contributed by atoms with Gasteiger partial charge in [0, 0.05) is 17.5 Å². The smallest absolute Gasteiger partial charge is 0.257 e. The second-order valence-electron chi connectivity index (χ2n) is 7.76. The molecular weight excluding hydrogens is 378 g/mol. The van der Waals surface area contributed by atoms with E-state index in [2.05, 4.69) is 13.8 Å². The second kappa shape index (κ2) is 10.4. The summed E-state index contributed by atoms with van der Waals surface area (Å²) in [5, 5.41) is 0.380. The van der Waals surface area contributed by atoms with Crippen molar-refractivity contribution in [3.8, 4) is 22.6 Å². The lowest BCUT2D eigenvalue weighted by Gasteiger charge is -2.08. The van der Waals surface area contributed by atoms with Crippen LogP contribution in [0.25, 0.3) is 22.6 Å². The standard InChI is InChI=1S/C25H29NO2S/c1-18(2)12-10-11-17-22(27)19(3)29-25-26-23(20-13-6-4-7-14-20)24(28-25)21-15-8-5-9-16-21/h4-9,13-16,18-19H,10-12,17H2,1-3H3. The van der Waals surface area contributed by atoms with Crippen molar-refractivity contribution in [2.75, 3.05) is 0 Å². The van der Waals surface area contributed by atoms with Gasteiger partial charge in [0.05, 0.1) is 5.25 Å². The van der Waals surface area contributed by atoms with E-state index in [1.807, 2.05) is 67.6 Å². The maximum absolute atomic E-state index is 12.5. The summed E-state index contributed by atoms with van der Waals surface area (Å²) in [6.07, 6.45) is 3.86. The third-order valence-electron chi connectivity index (χ3n) is 4.88. The molecule has 3 rings (SSSR count). The largest absolute Gasteiger partial charge is 0.431 e. The number of hydrogen-bond donors (Lipinski definition) is 0. The van der Waals surface area contributed by atoms with Gasteiger partial charge in [0.2, 0.25) is 0 Å². The SMILES string of the molecule is CC(C)CCCCC(=O)C(C)Sc1nc(-c2ccccc2)c(-c2ccccc2)o1. The Labute approximate surface area is 177 Å². The topological polar surface area (TPSA) is 43.1 Å². The predicted molar refractivity (Wildman–Crippen MR) is 121 cm³/mol. The zero-order valence-corrected chi connectivity index (χ0v) is 18.2. The molecule has 0 N–H and O–H groups in total. The highest BCUT2D eigenvalue weighted by Gasteiger charge is 2.21. The second-order valence-corrected chi connectivity index (χ2v) is 9.05. The van der Waals surface area contributed by atoms with Crippen molar-refractivity contribution in [1.82, 2.24) is 4.98 Å². The first kappa shape index (κ1) is 21.4. The molecular formula is C25H29NO2S. The Bertz CT molecular complexity index is 846. The Morgan fingerprint density at radius 3 is 2.17 bits per heavy atom. The van der Waals surface area contributed by atoms with Crippen molar-refractivity contribution in [3.05, 3.63) is 60.7 Å². The molecule has 29 heavy (non-hydrogen) atoms. The Morgan fingerprint density at radius 2 is 1.55 bits per heavy atom. The molecule has 0 saturated carbocycles. The minimum Gasteiger partial charge on any atom is -0.431 e. The molecule has 0 aliphatic rings.